The first kappa shape index (κ1) is 22.4. The number of hydrogen-bond donors (Lipinski definition) is 0. The van der Waals surface area contributed by atoms with Crippen LogP contribution in [0.4, 0.5) is 11.4 Å². The Morgan fingerprint density at radius 3 is 2.41 bits per heavy atom. The normalized spacial score (nSPS) is 14.7. The molecule has 0 atom stereocenters. The van der Waals surface area contributed by atoms with E-state index in [0.717, 1.165) is 0 Å². The highest BCUT2D eigenvalue weighted by Gasteiger charge is 2.38. The van der Waals surface area contributed by atoms with Crippen molar-refractivity contribution in [3.8, 4) is 0 Å². The Morgan fingerprint density at radius 2 is 1.81 bits per heavy atom. The fourth-order valence-electron chi connectivity index (χ4n) is 3.35. The summed E-state index contributed by atoms with van der Waals surface area (Å²) in [5.41, 5.74) is 1.44. The maximum atomic E-state index is 13.3. The molecule has 1 aliphatic heterocycles. The number of carbonyl (C=O) groups excluding carboxylic acids is 3. The van der Waals surface area contributed by atoms with Crippen molar-refractivity contribution >= 4 is 35.3 Å². The number of nitrogens with zero attached hydrogens (tertiary/aromatic N) is 2. The van der Waals surface area contributed by atoms with Crippen LogP contribution in [0.5, 0.6) is 0 Å². The first-order chi connectivity index (χ1) is 15.3. The first-order valence-electron chi connectivity index (χ1n) is 9.65. The van der Waals surface area contributed by atoms with Gasteiger partial charge in [0.05, 0.1) is 35.3 Å². The molecule has 1 heterocycles. The SMILES string of the molecule is CCOC(=O)c1ccc(N2C(=O)/C(=C\c3cccc([N+](=O)[O-])c3)C(C(=O)OC)=C2C)cc1. The lowest BCUT2D eigenvalue weighted by Crippen LogP contribution is -2.24. The Labute approximate surface area is 183 Å². The maximum absolute atomic E-state index is 13.3. The molecule has 0 N–H and O–H groups in total. The molecule has 9 heteroatoms. The number of nitro groups is 1. The van der Waals surface area contributed by atoms with Crippen LogP contribution in [0.3, 0.4) is 0 Å². The van der Waals surface area contributed by atoms with Crippen molar-refractivity contribution in [2.45, 2.75) is 13.8 Å². The topological polar surface area (TPSA) is 116 Å². The van der Waals surface area contributed by atoms with Crippen LogP contribution >= 0.6 is 0 Å². The Bertz CT molecular complexity index is 1160. The molecule has 2 aromatic carbocycles. The minimum atomic E-state index is -0.710. The van der Waals surface area contributed by atoms with Crippen molar-refractivity contribution in [2.24, 2.45) is 0 Å². The molecular formula is C23H20N2O7. The predicted octanol–water partition coefficient (Wildman–Crippen LogP) is 3.65. The highest BCUT2D eigenvalue weighted by molar-refractivity contribution is 6.23. The quantitative estimate of drug-likeness (QED) is 0.294. The summed E-state index contributed by atoms with van der Waals surface area (Å²) in [7, 11) is 1.20. The number of ether oxygens (including phenoxy) is 2. The van der Waals surface area contributed by atoms with Crippen molar-refractivity contribution in [3.63, 3.8) is 0 Å². The summed E-state index contributed by atoms with van der Waals surface area (Å²) in [5.74, 6) is -1.70. The average molecular weight is 436 g/mol. The molecule has 164 valence electrons. The Balaban J connectivity index is 2.05. The number of hydrogen-bond acceptors (Lipinski definition) is 7. The fraction of sp³-hybridized carbons (Fsp3) is 0.174. The van der Waals surface area contributed by atoms with Gasteiger partial charge in [-0.25, -0.2) is 9.59 Å². The van der Waals surface area contributed by atoms with E-state index in [1.807, 2.05) is 0 Å². The largest absolute Gasteiger partial charge is 0.465 e. The number of methoxy groups -OCH3 is 1. The van der Waals surface area contributed by atoms with Gasteiger partial charge in [-0.2, -0.15) is 0 Å². The molecular weight excluding hydrogens is 416 g/mol. The minimum Gasteiger partial charge on any atom is -0.465 e. The Kier molecular flexibility index (Phi) is 6.48. The second-order valence-corrected chi connectivity index (χ2v) is 6.77. The van der Waals surface area contributed by atoms with Crippen LogP contribution in [0.25, 0.3) is 6.08 Å². The molecule has 2 aromatic rings. The zero-order chi connectivity index (χ0) is 23.4. The molecule has 3 rings (SSSR count). The third-order valence-corrected chi connectivity index (χ3v) is 4.82. The molecule has 1 amide bonds. The van der Waals surface area contributed by atoms with E-state index in [1.54, 1.807) is 32.0 Å². The molecule has 0 saturated carbocycles. The van der Waals surface area contributed by atoms with E-state index in [2.05, 4.69) is 0 Å². The molecule has 0 aromatic heterocycles. The minimum absolute atomic E-state index is 0.0457. The highest BCUT2D eigenvalue weighted by Crippen LogP contribution is 2.35. The fourth-order valence-corrected chi connectivity index (χ4v) is 3.35. The third kappa shape index (κ3) is 4.27. The van der Waals surface area contributed by atoms with Crippen molar-refractivity contribution < 1.29 is 28.8 Å². The van der Waals surface area contributed by atoms with Crippen LogP contribution in [0.1, 0.15) is 29.8 Å². The number of carbonyl (C=O) groups is 3. The lowest BCUT2D eigenvalue weighted by atomic mass is 10.0. The van der Waals surface area contributed by atoms with Gasteiger partial charge >= 0.3 is 11.9 Å². The molecule has 9 nitrogen and oxygen atoms in total. The van der Waals surface area contributed by atoms with Gasteiger partial charge in [-0.05, 0) is 49.8 Å². The number of allylic oxidation sites excluding steroid dienone is 1. The van der Waals surface area contributed by atoms with Crippen LogP contribution < -0.4 is 4.90 Å². The van der Waals surface area contributed by atoms with Gasteiger partial charge in [0.1, 0.15) is 0 Å². The number of rotatable bonds is 6. The average Bonchev–Trinajstić information content (AvgIpc) is 3.03. The summed E-state index contributed by atoms with van der Waals surface area (Å²) in [6.07, 6.45) is 1.41. The number of amides is 1. The van der Waals surface area contributed by atoms with E-state index < -0.39 is 22.8 Å². The van der Waals surface area contributed by atoms with Gasteiger partial charge in [-0.15, -0.1) is 0 Å². The van der Waals surface area contributed by atoms with Gasteiger partial charge in [0.15, 0.2) is 0 Å². The monoisotopic (exact) mass is 436 g/mol. The van der Waals surface area contributed by atoms with Crippen LogP contribution in [0.2, 0.25) is 0 Å². The zero-order valence-corrected chi connectivity index (χ0v) is 17.7. The van der Waals surface area contributed by atoms with Crippen LogP contribution in [-0.4, -0.2) is 36.5 Å². The van der Waals surface area contributed by atoms with E-state index in [-0.39, 0.29) is 23.4 Å². The second-order valence-electron chi connectivity index (χ2n) is 6.77. The molecule has 0 saturated heterocycles. The molecule has 0 unspecified atom stereocenters. The number of benzene rings is 2. The molecule has 32 heavy (non-hydrogen) atoms. The van der Waals surface area contributed by atoms with Crippen LogP contribution in [0.15, 0.2) is 65.4 Å². The van der Waals surface area contributed by atoms with Crippen molar-refractivity contribution in [1.82, 2.24) is 0 Å². The van der Waals surface area contributed by atoms with E-state index in [9.17, 15) is 24.5 Å². The summed E-state index contributed by atoms with van der Waals surface area (Å²) in [4.78, 5) is 49.5. The number of anilines is 1. The van der Waals surface area contributed by atoms with Gasteiger partial charge in [0.25, 0.3) is 11.6 Å². The number of esters is 2. The van der Waals surface area contributed by atoms with Gasteiger partial charge < -0.3 is 9.47 Å². The summed E-state index contributed by atoms with van der Waals surface area (Å²) < 4.78 is 9.82. The lowest BCUT2D eigenvalue weighted by Gasteiger charge is -2.18. The second kappa shape index (κ2) is 9.25. The smallest absolute Gasteiger partial charge is 0.340 e. The van der Waals surface area contributed by atoms with Crippen molar-refractivity contribution in [2.75, 3.05) is 18.6 Å². The summed E-state index contributed by atoms with van der Waals surface area (Å²) in [6.45, 7) is 3.53. The van der Waals surface area contributed by atoms with Gasteiger partial charge in [-0.3, -0.25) is 19.8 Å². The highest BCUT2D eigenvalue weighted by atomic mass is 16.6. The van der Waals surface area contributed by atoms with Crippen LogP contribution in [-0.2, 0) is 19.1 Å². The van der Waals surface area contributed by atoms with E-state index in [1.165, 1.54) is 48.4 Å². The number of nitro benzene ring substituents is 1. The predicted molar refractivity (Wildman–Crippen MR) is 116 cm³/mol. The van der Waals surface area contributed by atoms with Crippen molar-refractivity contribution in [1.29, 1.82) is 0 Å². The number of non-ortho nitro benzene ring substituents is 1. The standard InChI is InChI=1S/C23H20N2O7/c1-4-32-22(27)16-8-10-17(11-9-16)24-14(2)20(23(28)31-3)19(21(24)26)13-15-6-5-7-18(12-15)25(29)30/h5-13H,4H2,1-3H3/b19-13-. The molecule has 0 aliphatic carbocycles. The summed E-state index contributed by atoms with van der Waals surface area (Å²) in [6, 6.07) is 11.9. The Morgan fingerprint density at radius 1 is 1.12 bits per heavy atom. The maximum Gasteiger partial charge on any atom is 0.340 e. The summed E-state index contributed by atoms with van der Waals surface area (Å²) >= 11 is 0. The molecule has 0 bridgehead atoms. The van der Waals surface area contributed by atoms with E-state index in [4.69, 9.17) is 9.47 Å². The van der Waals surface area contributed by atoms with Crippen molar-refractivity contribution in [3.05, 3.63) is 86.6 Å². The zero-order valence-electron chi connectivity index (χ0n) is 17.7. The molecule has 0 radical (unpaired) electrons. The first-order valence-corrected chi connectivity index (χ1v) is 9.65. The van der Waals surface area contributed by atoms with Gasteiger partial charge in [0, 0.05) is 23.5 Å². The molecule has 0 spiro atoms. The molecule has 0 fully saturated rings. The van der Waals surface area contributed by atoms with Gasteiger partial charge in [-0.1, -0.05) is 12.1 Å². The Hall–Kier alpha value is -4.27. The third-order valence-electron chi connectivity index (χ3n) is 4.82. The molecule has 1 aliphatic rings. The van der Waals surface area contributed by atoms with Gasteiger partial charge in [0.2, 0.25) is 0 Å². The van der Waals surface area contributed by atoms with E-state index >= 15 is 0 Å². The summed E-state index contributed by atoms with van der Waals surface area (Å²) in [5, 5.41) is 11.1. The van der Waals surface area contributed by atoms with Crippen LogP contribution in [0, 0.1) is 10.1 Å². The lowest BCUT2D eigenvalue weighted by molar-refractivity contribution is -0.384. The van der Waals surface area contributed by atoms with E-state index in [0.29, 0.717) is 22.5 Å².